The first-order valence-corrected chi connectivity index (χ1v) is 7.78. The third kappa shape index (κ3) is 3.82. The third-order valence-corrected chi connectivity index (χ3v) is 4.27. The molecule has 1 aromatic carbocycles. The molecule has 2 unspecified atom stereocenters. The van der Waals surface area contributed by atoms with Crippen molar-refractivity contribution in [2.24, 2.45) is 0 Å². The highest BCUT2D eigenvalue weighted by Gasteiger charge is 2.16. The number of nitrogens with zero attached hydrogens (tertiary/aromatic N) is 2. The normalized spacial score (nSPS) is 14.2. The number of nitrogens with one attached hydrogen (secondary N) is 1. The summed E-state index contributed by atoms with van der Waals surface area (Å²) in [7, 11) is 0. The topological polar surface area (TPSA) is 71.2 Å². The van der Waals surface area contributed by atoms with Crippen molar-refractivity contribution in [1.82, 2.24) is 15.5 Å². The molecule has 6 heteroatoms. The van der Waals surface area contributed by atoms with Crippen molar-refractivity contribution < 1.29 is 9.52 Å². The van der Waals surface area contributed by atoms with Gasteiger partial charge in [0.2, 0.25) is 11.8 Å². The molecule has 0 fully saturated rings. The van der Waals surface area contributed by atoms with Crippen molar-refractivity contribution in [2.75, 3.05) is 12.9 Å². The number of hydrogen-bond donors (Lipinski definition) is 2. The fraction of sp³-hybridized carbons (Fsp3) is 0.429. The molecule has 2 N–H and O–H groups in total. The lowest BCUT2D eigenvalue weighted by atomic mass is 10.2. The molecule has 5 nitrogen and oxygen atoms in total. The molecule has 0 saturated carbocycles. The average molecular weight is 293 g/mol. The molecule has 20 heavy (non-hydrogen) atoms. The molecule has 0 saturated heterocycles. The van der Waals surface area contributed by atoms with E-state index in [0.717, 1.165) is 5.56 Å². The highest BCUT2D eigenvalue weighted by molar-refractivity contribution is 7.99. The molecule has 0 aliphatic carbocycles. The molecule has 0 spiro atoms. The Morgan fingerprint density at radius 1 is 1.30 bits per heavy atom. The maximum Gasteiger partial charge on any atom is 0.247 e. The molecule has 0 amide bonds. The third-order valence-electron chi connectivity index (χ3n) is 3.10. The molecule has 0 bridgehead atoms. The lowest BCUT2D eigenvalue weighted by Gasteiger charge is -2.20. The van der Waals surface area contributed by atoms with Crippen LogP contribution in [-0.4, -0.2) is 39.5 Å². The van der Waals surface area contributed by atoms with Crippen LogP contribution in [0.3, 0.4) is 0 Å². The summed E-state index contributed by atoms with van der Waals surface area (Å²) in [4.78, 5) is 0. The standard InChI is InChI=1S/C14H19N3O2S/c1-10(12(9-18)20-2)15-8-13-16-17-14(19-13)11-6-4-3-5-7-11/h3-7,10,12,15,18H,8-9H2,1-2H3. The lowest BCUT2D eigenvalue weighted by Crippen LogP contribution is -2.37. The van der Waals surface area contributed by atoms with E-state index in [4.69, 9.17) is 4.42 Å². The number of hydrogen-bond acceptors (Lipinski definition) is 6. The SMILES string of the molecule is CSC(CO)C(C)NCc1nnc(-c2ccccc2)o1. The molecule has 0 aliphatic rings. The van der Waals surface area contributed by atoms with Crippen LogP contribution in [0, 0.1) is 0 Å². The van der Waals surface area contributed by atoms with E-state index in [2.05, 4.69) is 15.5 Å². The first-order valence-electron chi connectivity index (χ1n) is 6.49. The number of aliphatic hydroxyl groups is 1. The minimum Gasteiger partial charge on any atom is -0.419 e. The van der Waals surface area contributed by atoms with E-state index in [1.54, 1.807) is 11.8 Å². The predicted octanol–water partition coefficient (Wildman–Crippen LogP) is 1.94. The van der Waals surface area contributed by atoms with Gasteiger partial charge in [0.1, 0.15) is 0 Å². The Bertz CT molecular complexity index is 514. The van der Waals surface area contributed by atoms with Gasteiger partial charge in [-0.15, -0.1) is 10.2 Å². The van der Waals surface area contributed by atoms with Gasteiger partial charge in [-0.25, -0.2) is 0 Å². The highest BCUT2D eigenvalue weighted by Crippen LogP contribution is 2.17. The maximum absolute atomic E-state index is 9.23. The second-order valence-corrected chi connectivity index (χ2v) is 5.57. The first-order chi connectivity index (χ1) is 9.74. The van der Waals surface area contributed by atoms with Gasteiger partial charge in [0, 0.05) is 16.9 Å². The largest absolute Gasteiger partial charge is 0.419 e. The van der Waals surface area contributed by atoms with E-state index in [9.17, 15) is 5.11 Å². The molecule has 2 aromatic rings. The van der Waals surface area contributed by atoms with Crippen LogP contribution in [0.15, 0.2) is 34.7 Å². The van der Waals surface area contributed by atoms with Crippen LogP contribution in [-0.2, 0) is 6.54 Å². The zero-order valence-electron chi connectivity index (χ0n) is 11.6. The Labute approximate surface area is 122 Å². The van der Waals surface area contributed by atoms with Gasteiger partial charge in [0.05, 0.1) is 13.2 Å². The van der Waals surface area contributed by atoms with Gasteiger partial charge in [-0.05, 0) is 25.3 Å². The van der Waals surface area contributed by atoms with E-state index in [1.807, 2.05) is 43.5 Å². The Hall–Kier alpha value is -1.37. The lowest BCUT2D eigenvalue weighted by molar-refractivity contribution is 0.274. The average Bonchev–Trinajstić information content (AvgIpc) is 2.96. The zero-order chi connectivity index (χ0) is 14.4. The Morgan fingerprint density at radius 2 is 2.05 bits per heavy atom. The van der Waals surface area contributed by atoms with Gasteiger partial charge in [0.15, 0.2) is 0 Å². The van der Waals surface area contributed by atoms with Crippen LogP contribution in [0.2, 0.25) is 0 Å². The van der Waals surface area contributed by atoms with E-state index in [0.29, 0.717) is 18.3 Å². The number of benzene rings is 1. The summed E-state index contributed by atoms with van der Waals surface area (Å²) in [5, 5.41) is 20.7. The van der Waals surface area contributed by atoms with Gasteiger partial charge in [-0.3, -0.25) is 0 Å². The van der Waals surface area contributed by atoms with Crippen molar-refractivity contribution >= 4 is 11.8 Å². The van der Waals surface area contributed by atoms with Crippen LogP contribution < -0.4 is 5.32 Å². The molecule has 1 aromatic heterocycles. The van der Waals surface area contributed by atoms with Crippen LogP contribution >= 0.6 is 11.8 Å². The minimum atomic E-state index is 0.147. The van der Waals surface area contributed by atoms with Gasteiger partial charge in [-0.2, -0.15) is 11.8 Å². The Balaban J connectivity index is 1.94. The molecular formula is C14H19N3O2S. The van der Waals surface area contributed by atoms with Crippen LogP contribution in [0.5, 0.6) is 0 Å². The number of rotatable bonds is 7. The number of thioether (sulfide) groups is 1. The molecule has 2 rings (SSSR count). The van der Waals surface area contributed by atoms with Gasteiger partial charge in [0.25, 0.3) is 0 Å². The molecule has 0 radical (unpaired) electrons. The fourth-order valence-corrected chi connectivity index (χ4v) is 2.49. The van der Waals surface area contributed by atoms with Crippen LogP contribution in [0.25, 0.3) is 11.5 Å². The Kier molecular flexibility index (Phi) is 5.58. The van der Waals surface area contributed by atoms with Gasteiger partial charge < -0.3 is 14.8 Å². The van der Waals surface area contributed by atoms with Crippen molar-refractivity contribution in [1.29, 1.82) is 0 Å². The van der Waals surface area contributed by atoms with Crippen molar-refractivity contribution in [3.05, 3.63) is 36.2 Å². The highest BCUT2D eigenvalue weighted by atomic mass is 32.2. The predicted molar refractivity (Wildman–Crippen MR) is 80.4 cm³/mol. The number of aromatic nitrogens is 2. The summed E-state index contributed by atoms with van der Waals surface area (Å²) in [5.41, 5.74) is 0.914. The van der Waals surface area contributed by atoms with E-state index >= 15 is 0 Å². The van der Waals surface area contributed by atoms with Crippen molar-refractivity contribution in [3.63, 3.8) is 0 Å². The Morgan fingerprint density at radius 3 is 2.70 bits per heavy atom. The summed E-state index contributed by atoms with van der Waals surface area (Å²) in [6.07, 6.45) is 1.99. The summed E-state index contributed by atoms with van der Waals surface area (Å²) < 4.78 is 5.61. The first kappa shape index (κ1) is 15.0. The van der Waals surface area contributed by atoms with Crippen LogP contribution in [0.4, 0.5) is 0 Å². The quantitative estimate of drug-likeness (QED) is 0.813. The summed E-state index contributed by atoms with van der Waals surface area (Å²) >= 11 is 1.64. The van der Waals surface area contributed by atoms with E-state index in [1.165, 1.54) is 0 Å². The fourth-order valence-electron chi connectivity index (χ4n) is 1.84. The molecule has 0 aliphatic heterocycles. The van der Waals surface area contributed by atoms with Gasteiger partial charge in [-0.1, -0.05) is 18.2 Å². The number of aliphatic hydroxyl groups excluding tert-OH is 1. The smallest absolute Gasteiger partial charge is 0.247 e. The minimum absolute atomic E-state index is 0.147. The van der Waals surface area contributed by atoms with Crippen LogP contribution in [0.1, 0.15) is 12.8 Å². The van der Waals surface area contributed by atoms with E-state index in [-0.39, 0.29) is 17.9 Å². The second kappa shape index (κ2) is 7.42. The summed E-state index contributed by atoms with van der Waals surface area (Å²) in [6, 6.07) is 9.85. The molecular weight excluding hydrogens is 274 g/mol. The van der Waals surface area contributed by atoms with E-state index < -0.39 is 0 Å². The van der Waals surface area contributed by atoms with Gasteiger partial charge >= 0.3 is 0 Å². The molecule has 108 valence electrons. The summed E-state index contributed by atoms with van der Waals surface area (Å²) in [5.74, 6) is 1.08. The molecule has 2 atom stereocenters. The monoisotopic (exact) mass is 293 g/mol. The zero-order valence-corrected chi connectivity index (χ0v) is 12.4. The molecule has 1 heterocycles. The van der Waals surface area contributed by atoms with Crippen molar-refractivity contribution in [2.45, 2.75) is 24.8 Å². The maximum atomic E-state index is 9.23. The second-order valence-electron chi connectivity index (χ2n) is 4.49. The van der Waals surface area contributed by atoms with Crippen molar-refractivity contribution in [3.8, 4) is 11.5 Å². The summed E-state index contributed by atoms with van der Waals surface area (Å²) in [6.45, 7) is 2.68.